The molecule has 0 saturated heterocycles. The molecule has 0 atom stereocenters. The lowest BCUT2D eigenvalue weighted by Crippen LogP contribution is -2.04. The number of pyridine rings is 1. The summed E-state index contributed by atoms with van der Waals surface area (Å²) in [6.45, 7) is 4.07. The summed E-state index contributed by atoms with van der Waals surface area (Å²) in [6, 6.07) is 3.85. The molecule has 2 N–H and O–H groups in total. The van der Waals surface area contributed by atoms with Crippen LogP contribution in [-0.4, -0.2) is 24.7 Å². The number of rotatable bonds is 1. The Morgan fingerprint density at radius 2 is 1.90 bits per heavy atom. The fraction of sp³-hybridized carbons (Fsp3) is 0.200. The average Bonchev–Trinajstić information content (AvgIpc) is 2.87. The van der Waals surface area contributed by atoms with Crippen molar-refractivity contribution in [2.75, 3.05) is 5.73 Å². The molecule has 104 valence electrons. The molecule has 3 aromatic rings. The van der Waals surface area contributed by atoms with Crippen LogP contribution in [0.1, 0.15) is 31.1 Å². The predicted molar refractivity (Wildman–Crippen MR) is 80.3 cm³/mol. The van der Waals surface area contributed by atoms with Gasteiger partial charge in [-0.25, -0.2) is 14.6 Å². The van der Waals surface area contributed by atoms with Gasteiger partial charge in [-0.1, -0.05) is 5.92 Å². The summed E-state index contributed by atoms with van der Waals surface area (Å²) in [5.74, 6) is 6.50. The minimum atomic E-state index is 0.165. The molecule has 0 bridgehead atoms. The van der Waals surface area contributed by atoms with Gasteiger partial charge in [0.05, 0.1) is 5.39 Å². The van der Waals surface area contributed by atoms with E-state index in [4.69, 9.17) is 5.73 Å². The Balaban J connectivity index is 2.18. The minimum Gasteiger partial charge on any atom is -0.383 e. The number of nitrogen functional groups attached to an aromatic ring is 1. The molecule has 6 heteroatoms. The highest BCUT2D eigenvalue weighted by Gasteiger charge is 2.15. The first-order chi connectivity index (χ1) is 10.2. The number of nitrogens with zero attached hydrogens (tertiary/aromatic N) is 5. The molecule has 0 aliphatic rings. The van der Waals surface area contributed by atoms with E-state index in [2.05, 4.69) is 31.9 Å². The Morgan fingerprint density at radius 1 is 1.14 bits per heavy atom. The van der Waals surface area contributed by atoms with Gasteiger partial charge in [0, 0.05) is 24.0 Å². The van der Waals surface area contributed by atoms with Crippen molar-refractivity contribution in [2.24, 2.45) is 0 Å². The normalized spacial score (nSPS) is 10.6. The molecular weight excluding hydrogens is 264 g/mol. The van der Waals surface area contributed by atoms with Crippen LogP contribution in [0, 0.1) is 11.8 Å². The molecule has 3 rings (SSSR count). The van der Waals surface area contributed by atoms with Crippen LogP contribution in [0.5, 0.6) is 0 Å². The van der Waals surface area contributed by atoms with Gasteiger partial charge in [0.1, 0.15) is 17.8 Å². The van der Waals surface area contributed by atoms with E-state index in [1.54, 1.807) is 12.4 Å². The largest absolute Gasteiger partial charge is 0.383 e. The van der Waals surface area contributed by atoms with Crippen LogP contribution in [0.25, 0.3) is 11.0 Å². The van der Waals surface area contributed by atoms with Crippen LogP contribution in [0.3, 0.4) is 0 Å². The second-order valence-corrected chi connectivity index (χ2v) is 4.83. The molecule has 3 heterocycles. The first-order valence-corrected chi connectivity index (χ1v) is 6.57. The highest BCUT2D eigenvalue weighted by molar-refractivity contribution is 5.90. The van der Waals surface area contributed by atoms with E-state index in [-0.39, 0.29) is 6.04 Å². The fourth-order valence-corrected chi connectivity index (χ4v) is 2.01. The SMILES string of the molecule is CC(C)n1nc(C#Cc2ccncc2)c2c(N)ncnc21. The van der Waals surface area contributed by atoms with E-state index in [9.17, 15) is 0 Å². The van der Waals surface area contributed by atoms with Gasteiger partial charge >= 0.3 is 0 Å². The topological polar surface area (TPSA) is 82.5 Å². The van der Waals surface area contributed by atoms with Crippen molar-refractivity contribution in [3.63, 3.8) is 0 Å². The van der Waals surface area contributed by atoms with Crippen molar-refractivity contribution in [2.45, 2.75) is 19.9 Å². The lowest BCUT2D eigenvalue weighted by Gasteiger charge is -2.05. The Hall–Kier alpha value is -2.94. The van der Waals surface area contributed by atoms with E-state index in [0.717, 1.165) is 5.56 Å². The summed E-state index contributed by atoms with van der Waals surface area (Å²) in [4.78, 5) is 12.3. The Labute approximate surface area is 122 Å². The van der Waals surface area contributed by atoms with Gasteiger partial charge in [-0.15, -0.1) is 0 Å². The second-order valence-electron chi connectivity index (χ2n) is 4.83. The molecule has 3 aromatic heterocycles. The molecule has 0 aliphatic carbocycles. The monoisotopic (exact) mass is 278 g/mol. The van der Waals surface area contributed by atoms with Gasteiger partial charge in [0.15, 0.2) is 5.65 Å². The van der Waals surface area contributed by atoms with E-state index in [0.29, 0.717) is 22.5 Å². The molecule has 0 aromatic carbocycles. The first-order valence-electron chi connectivity index (χ1n) is 6.57. The third-order valence-electron chi connectivity index (χ3n) is 3.01. The van der Waals surface area contributed by atoms with Gasteiger partial charge in [-0.3, -0.25) is 4.98 Å². The van der Waals surface area contributed by atoms with Crippen LogP contribution < -0.4 is 5.73 Å². The predicted octanol–water partition coefficient (Wildman–Crippen LogP) is 1.78. The van der Waals surface area contributed by atoms with Crippen molar-refractivity contribution >= 4 is 16.9 Å². The number of anilines is 1. The Bertz CT molecular complexity index is 839. The van der Waals surface area contributed by atoms with Crippen molar-refractivity contribution in [1.82, 2.24) is 24.7 Å². The third kappa shape index (κ3) is 2.41. The van der Waals surface area contributed by atoms with Gasteiger partial charge in [0.2, 0.25) is 0 Å². The highest BCUT2D eigenvalue weighted by atomic mass is 15.3. The van der Waals surface area contributed by atoms with Crippen LogP contribution in [0.4, 0.5) is 5.82 Å². The van der Waals surface area contributed by atoms with E-state index < -0.39 is 0 Å². The fourth-order valence-electron chi connectivity index (χ4n) is 2.01. The van der Waals surface area contributed by atoms with Crippen molar-refractivity contribution in [3.05, 3.63) is 42.1 Å². The van der Waals surface area contributed by atoms with Crippen LogP contribution in [0.15, 0.2) is 30.9 Å². The smallest absolute Gasteiger partial charge is 0.164 e. The first kappa shape index (κ1) is 13.1. The van der Waals surface area contributed by atoms with Gasteiger partial charge in [0.25, 0.3) is 0 Å². The zero-order chi connectivity index (χ0) is 14.8. The van der Waals surface area contributed by atoms with Gasteiger partial charge < -0.3 is 5.73 Å². The molecule has 0 fully saturated rings. The highest BCUT2D eigenvalue weighted by Crippen LogP contribution is 2.23. The number of hydrogen-bond donors (Lipinski definition) is 1. The summed E-state index contributed by atoms with van der Waals surface area (Å²) in [5, 5.41) is 5.21. The molecule has 0 aliphatic heterocycles. The summed E-state index contributed by atoms with van der Waals surface area (Å²) >= 11 is 0. The zero-order valence-electron chi connectivity index (χ0n) is 11.8. The lowest BCUT2D eigenvalue weighted by atomic mass is 10.2. The van der Waals surface area contributed by atoms with Crippen LogP contribution in [0.2, 0.25) is 0 Å². The zero-order valence-corrected chi connectivity index (χ0v) is 11.8. The second kappa shape index (κ2) is 5.21. The van der Waals surface area contributed by atoms with Crippen LogP contribution >= 0.6 is 0 Å². The number of fused-ring (bicyclic) bond motifs is 1. The molecule has 0 radical (unpaired) electrons. The number of aromatic nitrogens is 5. The van der Waals surface area contributed by atoms with E-state index >= 15 is 0 Å². The van der Waals surface area contributed by atoms with Crippen molar-refractivity contribution in [1.29, 1.82) is 0 Å². The third-order valence-corrected chi connectivity index (χ3v) is 3.01. The molecular formula is C15H14N6. The van der Waals surface area contributed by atoms with E-state index in [1.165, 1.54) is 6.33 Å². The Morgan fingerprint density at radius 3 is 2.62 bits per heavy atom. The summed E-state index contributed by atoms with van der Waals surface area (Å²) in [5.41, 5.74) is 8.12. The minimum absolute atomic E-state index is 0.165. The summed E-state index contributed by atoms with van der Waals surface area (Å²) < 4.78 is 1.81. The maximum atomic E-state index is 5.96. The van der Waals surface area contributed by atoms with Gasteiger partial charge in [-0.2, -0.15) is 5.10 Å². The standard InChI is InChI=1S/C15H14N6/c1-10(2)21-15-13(14(16)18-9-19-15)12(20-21)4-3-11-5-7-17-8-6-11/h5-10H,1-2H3,(H2,16,18,19). The number of nitrogens with two attached hydrogens (primary N) is 1. The van der Waals surface area contributed by atoms with Crippen molar-refractivity contribution < 1.29 is 0 Å². The molecule has 0 spiro atoms. The van der Waals surface area contributed by atoms with E-state index in [1.807, 2.05) is 30.7 Å². The summed E-state index contributed by atoms with van der Waals surface area (Å²) in [6.07, 6.45) is 4.84. The molecule has 6 nitrogen and oxygen atoms in total. The molecule has 21 heavy (non-hydrogen) atoms. The summed E-state index contributed by atoms with van der Waals surface area (Å²) in [7, 11) is 0. The maximum Gasteiger partial charge on any atom is 0.164 e. The molecule has 0 saturated carbocycles. The molecule has 0 amide bonds. The lowest BCUT2D eigenvalue weighted by molar-refractivity contribution is 0.545. The maximum absolute atomic E-state index is 5.96. The average molecular weight is 278 g/mol. The Kier molecular flexibility index (Phi) is 3.24. The van der Waals surface area contributed by atoms with Gasteiger partial charge in [-0.05, 0) is 31.9 Å². The quantitative estimate of drug-likeness (QED) is 0.686. The van der Waals surface area contributed by atoms with Crippen LogP contribution in [-0.2, 0) is 0 Å². The number of hydrogen-bond acceptors (Lipinski definition) is 5. The van der Waals surface area contributed by atoms with Crippen molar-refractivity contribution in [3.8, 4) is 11.8 Å². The molecule has 0 unspecified atom stereocenters.